The van der Waals surface area contributed by atoms with Crippen LogP contribution < -0.4 is 5.32 Å². The average Bonchev–Trinajstić information content (AvgIpc) is 2.42. The zero-order valence-corrected chi connectivity index (χ0v) is 10.4. The lowest BCUT2D eigenvalue weighted by molar-refractivity contribution is -0.108. The summed E-state index contributed by atoms with van der Waals surface area (Å²) in [5, 5.41) is 2.46. The van der Waals surface area contributed by atoms with Gasteiger partial charge in [0, 0.05) is 0 Å². The van der Waals surface area contributed by atoms with E-state index in [0.29, 0.717) is 18.3 Å². The molecular formula is C14H17NO3. The van der Waals surface area contributed by atoms with Crippen molar-refractivity contribution in [2.75, 3.05) is 0 Å². The van der Waals surface area contributed by atoms with Gasteiger partial charge in [0.1, 0.15) is 18.9 Å². The highest BCUT2D eigenvalue weighted by Gasteiger charge is 2.14. The molecule has 0 aliphatic carbocycles. The molecule has 1 aromatic carbocycles. The highest BCUT2D eigenvalue weighted by Crippen LogP contribution is 2.04. The molecule has 0 spiro atoms. The standard InChI is InChI=1S/C14H17NO3/c1-3-11(2)13(9-16)15-14(17)18-10-12-7-5-4-6-8-12/h4-9,13H,2-3,10H2,1H3,(H,15,17)/t13-/m1/s1. The monoisotopic (exact) mass is 247 g/mol. The predicted octanol–water partition coefficient (Wildman–Crippen LogP) is 2.45. The smallest absolute Gasteiger partial charge is 0.408 e. The SMILES string of the molecule is C=C(CC)[C@@H](C=O)NC(=O)OCc1ccccc1. The van der Waals surface area contributed by atoms with Crippen LogP contribution in [-0.4, -0.2) is 18.4 Å². The van der Waals surface area contributed by atoms with Crippen LogP contribution in [0.15, 0.2) is 42.5 Å². The molecule has 0 heterocycles. The van der Waals surface area contributed by atoms with E-state index in [1.807, 2.05) is 37.3 Å². The van der Waals surface area contributed by atoms with Crippen molar-refractivity contribution in [1.29, 1.82) is 0 Å². The predicted molar refractivity (Wildman–Crippen MR) is 69.0 cm³/mol. The maximum absolute atomic E-state index is 11.5. The minimum atomic E-state index is -0.682. The molecule has 1 atom stereocenters. The minimum Gasteiger partial charge on any atom is -0.445 e. The van der Waals surface area contributed by atoms with Crippen LogP contribution in [-0.2, 0) is 16.1 Å². The van der Waals surface area contributed by atoms with E-state index in [9.17, 15) is 9.59 Å². The summed E-state index contributed by atoms with van der Waals surface area (Å²) < 4.78 is 5.01. The summed E-state index contributed by atoms with van der Waals surface area (Å²) in [6, 6.07) is 8.65. The number of alkyl carbamates (subject to hydrolysis) is 1. The molecule has 1 rings (SSSR count). The van der Waals surface area contributed by atoms with E-state index in [4.69, 9.17) is 4.74 Å². The Hall–Kier alpha value is -2.10. The number of nitrogens with one attached hydrogen (secondary N) is 1. The second kappa shape index (κ2) is 7.27. The van der Waals surface area contributed by atoms with Crippen molar-refractivity contribution in [3.63, 3.8) is 0 Å². The quantitative estimate of drug-likeness (QED) is 0.620. The lowest BCUT2D eigenvalue weighted by Gasteiger charge is -2.14. The van der Waals surface area contributed by atoms with Crippen LogP contribution >= 0.6 is 0 Å². The Labute approximate surface area is 107 Å². The van der Waals surface area contributed by atoms with Crippen molar-refractivity contribution in [3.05, 3.63) is 48.0 Å². The van der Waals surface area contributed by atoms with Crippen molar-refractivity contribution in [1.82, 2.24) is 5.32 Å². The first-order chi connectivity index (χ1) is 8.67. The van der Waals surface area contributed by atoms with E-state index < -0.39 is 12.1 Å². The third kappa shape index (κ3) is 4.41. The molecular weight excluding hydrogens is 230 g/mol. The number of ether oxygens (including phenoxy) is 1. The number of carbonyl (C=O) groups is 2. The Kier molecular flexibility index (Phi) is 5.64. The normalized spacial score (nSPS) is 11.4. The van der Waals surface area contributed by atoms with Crippen molar-refractivity contribution < 1.29 is 14.3 Å². The summed E-state index contributed by atoms with van der Waals surface area (Å²) in [4.78, 5) is 22.3. The zero-order valence-electron chi connectivity index (χ0n) is 10.4. The average molecular weight is 247 g/mol. The summed E-state index contributed by atoms with van der Waals surface area (Å²) >= 11 is 0. The fourth-order valence-corrected chi connectivity index (χ4v) is 1.34. The van der Waals surface area contributed by atoms with E-state index in [0.717, 1.165) is 5.56 Å². The van der Waals surface area contributed by atoms with E-state index in [-0.39, 0.29) is 6.61 Å². The number of hydrogen-bond acceptors (Lipinski definition) is 3. The van der Waals surface area contributed by atoms with Gasteiger partial charge >= 0.3 is 6.09 Å². The highest BCUT2D eigenvalue weighted by atomic mass is 16.5. The molecule has 1 N–H and O–H groups in total. The highest BCUT2D eigenvalue weighted by molar-refractivity contribution is 5.75. The van der Waals surface area contributed by atoms with Gasteiger partial charge in [-0.05, 0) is 17.6 Å². The fourth-order valence-electron chi connectivity index (χ4n) is 1.34. The molecule has 0 aliphatic rings. The lowest BCUT2D eigenvalue weighted by atomic mass is 10.1. The maximum atomic E-state index is 11.5. The summed E-state index contributed by atoms with van der Waals surface area (Å²) in [5.41, 5.74) is 1.55. The molecule has 0 aromatic heterocycles. The third-order valence-corrected chi connectivity index (χ3v) is 2.52. The fraction of sp³-hybridized carbons (Fsp3) is 0.286. The van der Waals surface area contributed by atoms with E-state index in [1.165, 1.54) is 0 Å². The Morgan fingerprint density at radius 2 is 2.11 bits per heavy atom. The van der Waals surface area contributed by atoms with Crippen LogP contribution in [0.4, 0.5) is 4.79 Å². The molecule has 4 heteroatoms. The van der Waals surface area contributed by atoms with Crippen LogP contribution in [0, 0.1) is 0 Å². The Morgan fingerprint density at radius 1 is 1.44 bits per heavy atom. The Morgan fingerprint density at radius 3 is 2.67 bits per heavy atom. The molecule has 0 unspecified atom stereocenters. The first kappa shape index (κ1) is 14.0. The van der Waals surface area contributed by atoms with Crippen molar-refractivity contribution in [2.45, 2.75) is 26.0 Å². The van der Waals surface area contributed by atoms with Crippen LogP contribution in [0.3, 0.4) is 0 Å². The number of aldehydes is 1. The Balaban J connectivity index is 2.42. The Bertz CT molecular complexity index is 414. The molecule has 0 fully saturated rings. The maximum Gasteiger partial charge on any atom is 0.408 e. The summed E-state index contributed by atoms with van der Waals surface area (Å²) in [6.45, 7) is 5.76. The largest absolute Gasteiger partial charge is 0.445 e. The van der Waals surface area contributed by atoms with Gasteiger partial charge in [0.2, 0.25) is 0 Å². The second-order valence-electron chi connectivity index (χ2n) is 3.83. The minimum absolute atomic E-state index is 0.177. The number of benzene rings is 1. The van der Waals surface area contributed by atoms with Gasteiger partial charge in [-0.3, -0.25) is 0 Å². The summed E-state index contributed by atoms with van der Waals surface area (Å²) in [6.07, 6.45) is 0.656. The van der Waals surface area contributed by atoms with E-state index in [1.54, 1.807) is 0 Å². The number of rotatable bonds is 6. The van der Waals surface area contributed by atoms with Crippen molar-refractivity contribution >= 4 is 12.4 Å². The molecule has 96 valence electrons. The van der Waals surface area contributed by atoms with Crippen LogP contribution in [0.5, 0.6) is 0 Å². The molecule has 0 saturated carbocycles. The van der Waals surface area contributed by atoms with Gasteiger partial charge in [-0.2, -0.15) is 0 Å². The molecule has 4 nitrogen and oxygen atoms in total. The molecule has 0 saturated heterocycles. The molecule has 1 aromatic rings. The van der Waals surface area contributed by atoms with Gasteiger partial charge in [0.05, 0.1) is 0 Å². The van der Waals surface area contributed by atoms with Crippen molar-refractivity contribution in [3.8, 4) is 0 Å². The summed E-state index contributed by atoms with van der Waals surface area (Å²) in [5.74, 6) is 0. The molecule has 0 bridgehead atoms. The molecule has 0 radical (unpaired) electrons. The number of hydrogen-bond donors (Lipinski definition) is 1. The topological polar surface area (TPSA) is 55.4 Å². The van der Waals surface area contributed by atoms with Gasteiger partial charge < -0.3 is 14.8 Å². The van der Waals surface area contributed by atoms with Gasteiger partial charge in [0.15, 0.2) is 0 Å². The third-order valence-electron chi connectivity index (χ3n) is 2.52. The van der Waals surface area contributed by atoms with Crippen LogP contribution in [0.1, 0.15) is 18.9 Å². The first-order valence-electron chi connectivity index (χ1n) is 5.77. The van der Waals surface area contributed by atoms with E-state index >= 15 is 0 Å². The second-order valence-corrected chi connectivity index (χ2v) is 3.83. The van der Waals surface area contributed by atoms with Crippen molar-refractivity contribution in [2.24, 2.45) is 0 Å². The van der Waals surface area contributed by atoms with Crippen LogP contribution in [0.25, 0.3) is 0 Å². The zero-order chi connectivity index (χ0) is 13.4. The first-order valence-corrected chi connectivity index (χ1v) is 5.77. The van der Waals surface area contributed by atoms with Gasteiger partial charge in [-0.1, -0.05) is 43.8 Å². The summed E-state index contributed by atoms with van der Waals surface area (Å²) in [7, 11) is 0. The van der Waals surface area contributed by atoms with Gasteiger partial charge in [0.25, 0.3) is 0 Å². The molecule has 18 heavy (non-hydrogen) atoms. The lowest BCUT2D eigenvalue weighted by Crippen LogP contribution is -2.37. The number of carbonyl (C=O) groups excluding carboxylic acids is 2. The molecule has 0 aliphatic heterocycles. The molecule has 1 amide bonds. The van der Waals surface area contributed by atoms with Gasteiger partial charge in [-0.15, -0.1) is 0 Å². The number of amides is 1. The van der Waals surface area contributed by atoms with Gasteiger partial charge in [-0.25, -0.2) is 4.79 Å². The van der Waals surface area contributed by atoms with E-state index in [2.05, 4.69) is 11.9 Å². The van der Waals surface area contributed by atoms with Crippen LogP contribution in [0.2, 0.25) is 0 Å².